The van der Waals surface area contributed by atoms with Crippen LogP contribution in [0, 0.1) is 0 Å². The van der Waals surface area contributed by atoms with Crippen molar-refractivity contribution >= 4 is 23.3 Å². The fourth-order valence-corrected chi connectivity index (χ4v) is 4.03. The van der Waals surface area contributed by atoms with Crippen molar-refractivity contribution in [1.29, 1.82) is 0 Å². The Labute approximate surface area is 195 Å². The fourth-order valence-electron chi connectivity index (χ4n) is 4.03. The molecule has 0 spiro atoms. The first-order valence-corrected chi connectivity index (χ1v) is 11.5. The quantitative estimate of drug-likeness (QED) is 0.486. The summed E-state index contributed by atoms with van der Waals surface area (Å²) in [6.45, 7) is 2.75. The number of rotatable bonds is 7. The highest BCUT2D eigenvalue weighted by Gasteiger charge is 2.19. The third-order valence-electron chi connectivity index (χ3n) is 5.79. The number of carbonyl (C=O) groups excluding carboxylic acids is 2. The van der Waals surface area contributed by atoms with Crippen LogP contribution in [0.25, 0.3) is 0 Å². The standard InChI is InChI=1S/C27H30N4O2/c32-26(28-19-21-10-4-1-5-11-21)24-18-23(14-15-25(24)31-16-8-3-9-17-31)30-27(33)29-20-22-12-6-2-7-13-22/h1-2,4-7,10-15,18H,3,8-9,16-17,19-20H2,(H,28,32)(H2,29,30,33). The van der Waals surface area contributed by atoms with Crippen LogP contribution in [0.15, 0.2) is 78.9 Å². The number of amides is 3. The number of hydrogen-bond donors (Lipinski definition) is 3. The third kappa shape index (κ3) is 6.35. The number of piperidine rings is 1. The van der Waals surface area contributed by atoms with Gasteiger partial charge in [0.2, 0.25) is 0 Å². The Morgan fingerprint density at radius 1 is 0.727 bits per heavy atom. The summed E-state index contributed by atoms with van der Waals surface area (Å²) in [5.41, 5.74) is 4.14. The van der Waals surface area contributed by atoms with Gasteiger partial charge in [0, 0.05) is 37.6 Å². The first kappa shape index (κ1) is 22.4. The van der Waals surface area contributed by atoms with Crippen molar-refractivity contribution in [2.75, 3.05) is 23.3 Å². The molecule has 0 radical (unpaired) electrons. The Morgan fingerprint density at radius 3 is 1.97 bits per heavy atom. The van der Waals surface area contributed by atoms with Gasteiger partial charge in [-0.2, -0.15) is 0 Å². The van der Waals surface area contributed by atoms with Crippen molar-refractivity contribution in [1.82, 2.24) is 10.6 Å². The first-order chi connectivity index (χ1) is 16.2. The second kappa shape index (κ2) is 11.2. The number of benzene rings is 3. The average molecular weight is 443 g/mol. The van der Waals surface area contributed by atoms with Crippen LogP contribution in [0.2, 0.25) is 0 Å². The molecular weight excluding hydrogens is 412 g/mol. The van der Waals surface area contributed by atoms with Crippen LogP contribution in [-0.2, 0) is 13.1 Å². The molecule has 6 nitrogen and oxygen atoms in total. The van der Waals surface area contributed by atoms with Crippen molar-refractivity contribution in [2.45, 2.75) is 32.4 Å². The van der Waals surface area contributed by atoms with E-state index in [1.807, 2.05) is 72.8 Å². The van der Waals surface area contributed by atoms with Crippen LogP contribution in [0.1, 0.15) is 40.7 Å². The molecule has 1 aliphatic rings. The number of nitrogens with one attached hydrogen (secondary N) is 3. The lowest BCUT2D eigenvalue weighted by atomic mass is 10.1. The fraction of sp³-hybridized carbons (Fsp3) is 0.259. The number of anilines is 2. The monoisotopic (exact) mass is 442 g/mol. The van der Waals surface area contributed by atoms with Gasteiger partial charge in [-0.1, -0.05) is 60.7 Å². The smallest absolute Gasteiger partial charge is 0.319 e. The summed E-state index contributed by atoms with van der Waals surface area (Å²) >= 11 is 0. The highest BCUT2D eigenvalue weighted by molar-refractivity contribution is 6.02. The number of carbonyl (C=O) groups is 2. The van der Waals surface area contributed by atoms with Crippen LogP contribution in [0.5, 0.6) is 0 Å². The third-order valence-corrected chi connectivity index (χ3v) is 5.79. The molecule has 3 amide bonds. The molecule has 1 fully saturated rings. The lowest BCUT2D eigenvalue weighted by molar-refractivity contribution is 0.0951. The first-order valence-electron chi connectivity index (χ1n) is 11.5. The number of nitrogens with zero attached hydrogens (tertiary/aromatic N) is 1. The maximum Gasteiger partial charge on any atom is 0.319 e. The minimum absolute atomic E-state index is 0.146. The van der Waals surface area contributed by atoms with E-state index >= 15 is 0 Å². The summed E-state index contributed by atoms with van der Waals surface area (Å²) in [5.74, 6) is -0.146. The predicted octanol–water partition coefficient (Wildman–Crippen LogP) is 4.93. The zero-order chi connectivity index (χ0) is 22.9. The van der Waals surface area contributed by atoms with Crippen LogP contribution in [0.4, 0.5) is 16.2 Å². The summed E-state index contributed by atoms with van der Waals surface area (Å²) in [6, 6.07) is 24.9. The van der Waals surface area contributed by atoms with E-state index < -0.39 is 0 Å². The molecule has 4 rings (SSSR count). The molecule has 170 valence electrons. The molecule has 1 aliphatic heterocycles. The summed E-state index contributed by atoms with van der Waals surface area (Å²) < 4.78 is 0. The van der Waals surface area contributed by atoms with Crippen molar-refractivity contribution < 1.29 is 9.59 Å². The van der Waals surface area contributed by atoms with Crippen LogP contribution < -0.4 is 20.9 Å². The van der Waals surface area contributed by atoms with E-state index in [0.717, 1.165) is 42.7 Å². The largest absolute Gasteiger partial charge is 0.371 e. The van der Waals surface area contributed by atoms with E-state index in [0.29, 0.717) is 24.3 Å². The molecule has 0 aliphatic carbocycles. The molecule has 33 heavy (non-hydrogen) atoms. The van der Waals surface area contributed by atoms with Gasteiger partial charge in [0.05, 0.1) is 5.56 Å². The summed E-state index contributed by atoms with van der Waals surface area (Å²) in [7, 11) is 0. The van der Waals surface area contributed by atoms with Gasteiger partial charge in [-0.15, -0.1) is 0 Å². The highest BCUT2D eigenvalue weighted by Crippen LogP contribution is 2.27. The van der Waals surface area contributed by atoms with Gasteiger partial charge in [0.25, 0.3) is 5.91 Å². The van der Waals surface area contributed by atoms with E-state index in [9.17, 15) is 9.59 Å². The molecule has 0 aromatic heterocycles. The molecule has 0 bridgehead atoms. The normalized spacial score (nSPS) is 13.3. The minimum atomic E-state index is -0.305. The molecule has 3 aromatic rings. The molecule has 0 atom stereocenters. The van der Waals surface area contributed by atoms with Gasteiger partial charge in [-0.05, 0) is 48.6 Å². The maximum absolute atomic E-state index is 13.2. The van der Waals surface area contributed by atoms with Crippen molar-refractivity contribution in [3.8, 4) is 0 Å². The number of hydrogen-bond acceptors (Lipinski definition) is 3. The molecule has 0 saturated carbocycles. The molecule has 1 saturated heterocycles. The van der Waals surface area contributed by atoms with Crippen molar-refractivity contribution in [2.24, 2.45) is 0 Å². The van der Waals surface area contributed by atoms with E-state index in [-0.39, 0.29) is 11.9 Å². The molecule has 1 heterocycles. The van der Waals surface area contributed by atoms with Gasteiger partial charge in [0.15, 0.2) is 0 Å². The highest BCUT2D eigenvalue weighted by atomic mass is 16.2. The minimum Gasteiger partial charge on any atom is -0.371 e. The lowest BCUT2D eigenvalue weighted by Crippen LogP contribution is -2.33. The molecule has 0 unspecified atom stereocenters. The van der Waals surface area contributed by atoms with E-state index in [4.69, 9.17) is 0 Å². The Kier molecular flexibility index (Phi) is 7.59. The molecule has 3 N–H and O–H groups in total. The second-order valence-corrected chi connectivity index (χ2v) is 8.24. The zero-order valence-corrected chi connectivity index (χ0v) is 18.7. The van der Waals surface area contributed by atoms with Crippen LogP contribution in [0.3, 0.4) is 0 Å². The average Bonchev–Trinajstić information content (AvgIpc) is 2.88. The van der Waals surface area contributed by atoms with Crippen LogP contribution in [-0.4, -0.2) is 25.0 Å². The topological polar surface area (TPSA) is 73.5 Å². The molecule has 3 aromatic carbocycles. The number of urea groups is 1. The van der Waals surface area contributed by atoms with Gasteiger partial charge >= 0.3 is 6.03 Å². The van der Waals surface area contributed by atoms with Crippen molar-refractivity contribution in [3.05, 3.63) is 95.6 Å². The van der Waals surface area contributed by atoms with E-state index in [1.165, 1.54) is 6.42 Å². The Morgan fingerprint density at radius 2 is 1.33 bits per heavy atom. The Balaban J connectivity index is 1.47. The zero-order valence-electron chi connectivity index (χ0n) is 18.7. The molecule has 6 heteroatoms. The van der Waals surface area contributed by atoms with E-state index in [1.54, 1.807) is 6.07 Å². The van der Waals surface area contributed by atoms with Crippen LogP contribution >= 0.6 is 0 Å². The summed E-state index contributed by atoms with van der Waals surface area (Å²) in [6.07, 6.45) is 3.45. The van der Waals surface area contributed by atoms with Gasteiger partial charge in [-0.3, -0.25) is 4.79 Å². The van der Waals surface area contributed by atoms with Gasteiger partial charge in [0.1, 0.15) is 0 Å². The predicted molar refractivity (Wildman–Crippen MR) is 132 cm³/mol. The SMILES string of the molecule is O=C(NCc1ccccc1)Nc1ccc(N2CCCCC2)c(C(=O)NCc2ccccc2)c1. The lowest BCUT2D eigenvalue weighted by Gasteiger charge is -2.30. The second-order valence-electron chi connectivity index (χ2n) is 8.24. The Bertz CT molecular complexity index is 1060. The van der Waals surface area contributed by atoms with E-state index in [2.05, 4.69) is 20.9 Å². The molecular formula is C27H30N4O2. The Hall–Kier alpha value is -3.80. The summed E-state index contributed by atoms with van der Waals surface area (Å²) in [5, 5.41) is 8.75. The van der Waals surface area contributed by atoms with Crippen molar-refractivity contribution in [3.63, 3.8) is 0 Å². The van der Waals surface area contributed by atoms with Gasteiger partial charge in [-0.25, -0.2) is 4.79 Å². The maximum atomic E-state index is 13.2. The summed E-state index contributed by atoms with van der Waals surface area (Å²) in [4.78, 5) is 27.9. The van der Waals surface area contributed by atoms with Gasteiger partial charge < -0.3 is 20.9 Å².